The van der Waals surface area contributed by atoms with Crippen LogP contribution in [0.5, 0.6) is 5.75 Å². The number of hydrogen-bond acceptors (Lipinski definition) is 6. The Labute approximate surface area is 211 Å². The third kappa shape index (κ3) is 5.84. The molecule has 1 N–H and O–H groups in total. The highest BCUT2D eigenvalue weighted by molar-refractivity contribution is 5.99. The lowest BCUT2D eigenvalue weighted by Gasteiger charge is -2.36. The molecule has 2 heterocycles. The van der Waals surface area contributed by atoms with Crippen LogP contribution < -0.4 is 10.1 Å². The van der Waals surface area contributed by atoms with Crippen LogP contribution in [0.1, 0.15) is 47.4 Å². The molecule has 36 heavy (non-hydrogen) atoms. The molecule has 1 aliphatic heterocycles. The number of pyridine rings is 1. The molecule has 1 aliphatic carbocycles. The zero-order chi connectivity index (χ0) is 25.8. The summed E-state index contributed by atoms with van der Waals surface area (Å²) < 4.78 is 11.9. The predicted molar refractivity (Wildman–Crippen MR) is 135 cm³/mol. The van der Waals surface area contributed by atoms with Crippen LogP contribution in [0, 0.1) is 11.8 Å². The highest BCUT2D eigenvalue weighted by Gasteiger charge is 2.32. The van der Waals surface area contributed by atoms with E-state index >= 15 is 0 Å². The Hall–Kier alpha value is -3.46. The number of nitrogens with one attached hydrogen (secondary N) is 1. The zero-order valence-electron chi connectivity index (χ0n) is 21.3. The van der Waals surface area contributed by atoms with Gasteiger partial charge in [-0.25, -0.2) is 0 Å². The number of methoxy groups -OCH3 is 1. The molecular formula is C27H34N4O5. The van der Waals surface area contributed by atoms with Gasteiger partial charge in [0.1, 0.15) is 12.4 Å². The number of anilines is 1. The van der Waals surface area contributed by atoms with Crippen molar-refractivity contribution in [1.29, 1.82) is 0 Å². The van der Waals surface area contributed by atoms with Crippen molar-refractivity contribution in [3.63, 3.8) is 0 Å². The van der Waals surface area contributed by atoms with Crippen molar-refractivity contribution in [2.45, 2.75) is 38.8 Å². The molecule has 0 spiro atoms. The minimum Gasteiger partial charge on any atom is -0.491 e. The lowest BCUT2D eigenvalue weighted by molar-refractivity contribution is -0.117. The van der Waals surface area contributed by atoms with Gasteiger partial charge in [0.15, 0.2) is 0 Å². The van der Waals surface area contributed by atoms with E-state index in [9.17, 15) is 14.4 Å². The van der Waals surface area contributed by atoms with Crippen LogP contribution in [0.3, 0.4) is 0 Å². The molecule has 1 saturated carbocycles. The highest BCUT2D eigenvalue weighted by atomic mass is 16.5. The van der Waals surface area contributed by atoms with Gasteiger partial charge in [-0.2, -0.15) is 0 Å². The monoisotopic (exact) mass is 494 g/mol. The maximum absolute atomic E-state index is 13.5. The number of hydrogen-bond donors (Lipinski definition) is 1. The van der Waals surface area contributed by atoms with Gasteiger partial charge in [0.05, 0.1) is 17.7 Å². The van der Waals surface area contributed by atoms with E-state index in [-0.39, 0.29) is 48.3 Å². The molecule has 9 heteroatoms. The first-order valence-electron chi connectivity index (χ1n) is 12.4. The summed E-state index contributed by atoms with van der Waals surface area (Å²) in [6.45, 7) is 4.89. The standard InChI is InChI=1S/C27H34N4O5/c1-17-14-31(26(33)20-9-11-28-12-10-20)18(2)16-36-23-13-21(29-25(32)19-5-6-19)7-8-22(23)27(34)30(3)15-24(17)35-4/h7-13,17-19,24H,5-6,14-16H2,1-4H3,(H,29,32)/t17-,18+,24-/m1/s1. The molecular weight excluding hydrogens is 460 g/mol. The van der Waals surface area contributed by atoms with E-state index in [1.165, 1.54) is 0 Å². The molecule has 0 bridgehead atoms. The van der Waals surface area contributed by atoms with Crippen molar-refractivity contribution in [3.05, 3.63) is 53.9 Å². The van der Waals surface area contributed by atoms with E-state index in [0.29, 0.717) is 35.7 Å². The Morgan fingerprint density at radius 1 is 1.11 bits per heavy atom. The number of nitrogens with zero attached hydrogens (tertiary/aromatic N) is 3. The van der Waals surface area contributed by atoms with Gasteiger partial charge >= 0.3 is 0 Å². The van der Waals surface area contributed by atoms with Gasteiger partial charge in [-0.05, 0) is 44.0 Å². The molecule has 0 radical (unpaired) electrons. The fourth-order valence-corrected chi connectivity index (χ4v) is 4.38. The van der Waals surface area contributed by atoms with Crippen LogP contribution in [0.25, 0.3) is 0 Å². The molecule has 9 nitrogen and oxygen atoms in total. The molecule has 192 valence electrons. The quantitative estimate of drug-likeness (QED) is 0.701. The van der Waals surface area contributed by atoms with Crippen LogP contribution in [-0.2, 0) is 9.53 Å². The van der Waals surface area contributed by atoms with E-state index in [0.717, 1.165) is 12.8 Å². The Morgan fingerprint density at radius 2 is 1.83 bits per heavy atom. The van der Waals surface area contributed by atoms with Gasteiger partial charge in [-0.1, -0.05) is 6.92 Å². The van der Waals surface area contributed by atoms with Gasteiger partial charge in [0.2, 0.25) is 5.91 Å². The fraction of sp³-hybridized carbons (Fsp3) is 0.481. The lowest BCUT2D eigenvalue weighted by Crippen LogP contribution is -2.48. The summed E-state index contributed by atoms with van der Waals surface area (Å²) in [5.74, 6) is 0.0367. The smallest absolute Gasteiger partial charge is 0.257 e. The van der Waals surface area contributed by atoms with Crippen molar-refractivity contribution in [1.82, 2.24) is 14.8 Å². The van der Waals surface area contributed by atoms with Crippen LogP contribution in [0.2, 0.25) is 0 Å². The van der Waals surface area contributed by atoms with Crippen LogP contribution >= 0.6 is 0 Å². The van der Waals surface area contributed by atoms with Gasteiger partial charge in [0.25, 0.3) is 11.8 Å². The molecule has 2 aliphatic rings. The normalized spacial score (nSPS) is 23.1. The topological polar surface area (TPSA) is 101 Å². The summed E-state index contributed by atoms with van der Waals surface area (Å²) in [5, 5.41) is 2.91. The second kappa shape index (κ2) is 11.1. The number of carbonyl (C=O) groups is 3. The molecule has 1 aromatic heterocycles. The molecule has 1 aromatic carbocycles. The molecule has 2 aromatic rings. The molecule has 4 rings (SSSR count). The van der Waals surface area contributed by atoms with E-state index in [4.69, 9.17) is 9.47 Å². The average Bonchev–Trinajstić information content (AvgIpc) is 3.74. The summed E-state index contributed by atoms with van der Waals surface area (Å²) in [4.78, 5) is 46.5. The number of fused-ring (bicyclic) bond motifs is 1. The van der Waals surface area contributed by atoms with E-state index in [1.807, 2.05) is 13.8 Å². The summed E-state index contributed by atoms with van der Waals surface area (Å²) in [6, 6.07) is 8.18. The second-order valence-electron chi connectivity index (χ2n) is 9.77. The molecule has 1 fully saturated rings. The number of carbonyl (C=O) groups excluding carboxylic acids is 3. The third-order valence-corrected chi connectivity index (χ3v) is 6.85. The minimum absolute atomic E-state index is 0.0223. The van der Waals surface area contributed by atoms with Crippen LogP contribution in [0.4, 0.5) is 5.69 Å². The van der Waals surface area contributed by atoms with Crippen molar-refractivity contribution >= 4 is 23.4 Å². The molecule has 0 saturated heterocycles. The predicted octanol–water partition coefficient (Wildman–Crippen LogP) is 3.08. The van der Waals surface area contributed by atoms with Crippen molar-refractivity contribution < 1.29 is 23.9 Å². The Balaban J connectivity index is 1.66. The summed E-state index contributed by atoms with van der Waals surface area (Å²) in [7, 11) is 3.34. The summed E-state index contributed by atoms with van der Waals surface area (Å²) >= 11 is 0. The Kier molecular flexibility index (Phi) is 7.88. The van der Waals surface area contributed by atoms with Gasteiger partial charge in [0, 0.05) is 68.8 Å². The van der Waals surface area contributed by atoms with Gasteiger partial charge < -0.3 is 24.6 Å². The van der Waals surface area contributed by atoms with Crippen LogP contribution in [0.15, 0.2) is 42.7 Å². The number of likely N-dealkylation sites (N-methyl/N-ethyl adjacent to an activating group) is 1. The summed E-state index contributed by atoms with van der Waals surface area (Å²) in [6.07, 6.45) is 4.71. The van der Waals surface area contributed by atoms with E-state index < -0.39 is 0 Å². The maximum atomic E-state index is 13.5. The number of aromatic nitrogens is 1. The van der Waals surface area contributed by atoms with E-state index in [2.05, 4.69) is 10.3 Å². The number of benzene rings is 1. The highest BCUT2D eigenvalue weighted by Crippen LogP contribution is 2.32. The van der Waals surface area contributed by atoms with Crippen molar-refractivity contribution in [2.24, 2.45) is 11.8 Å². The fourth-order valence-electron chi connectivity index (χ4n) is 4.38. The molecule has 3 atom stereocenters. The largest absolute Gasteiger partial charge is 0.491 e. The average molecular weight is 495 g/mol. The number of rotatable bonds is 4. The lowest BCUT2D eigenvalue weighted by atomic mass is 10.0. The van der Waals surface area contributed by atoms with Crippen molar-refractivity contribution in [3.8, 4) is 5.75 Å². The Morgan fingerprint density at radius 3 is 2.50 bits per heavy atom. The zero-order valence-corrected chi connectivity index (χ0v) is 21.3. The minimum atomic E-state index is -0.296. The summed E-state index contributed by atoms with van der Waals surface area (Å²) in [5.41, 5.74) is 1.51. The number of ether oxygens (including phenoxy) is 2. The van der Waals surface area contributed by atoms with Crippen LogP contribution in [-0.4, -0.2) is 78.5 Å². The number of amides is 3. The SMILES string of the molecule is CO[C@@H]1CN(C)C(=O)c2ccc(NC(=O)C3CC3)cc2OC[C@H](C)N(C(=O)c2ccncc2)C[C@H]1C. The third-order valence-electron chi connectivity index (χ3n) is 6.85. The van der Waals surface area contributed by atoms with Crippen molar-refractivity contribution in [2.75, 3.05) is 39.2 Å². The Bertz CT molecular complexity index is 1100. The first kappa shape index (κ1) is 25.6. The van der Waals surface area contributed by atoms with E-state index in [1.54, 1.807) is 66.7 Å². The van der Waals surface area contributed by atoms with Gasteiger partial charge in [-0.15, -0.1) is 0 Å². The first-order valence-corrected chi connectivity index (χ1v) is 12.4. The maximum Gasteiger partial charge on any atom is 0.257 e. The molecule has 0 unspecified atom stereocenters. The first-order chi connectivity index (χ1) is 17.3. The second-order valence-corrected chi connectivity index (χ2v) is 9.77. The van der Waals surface area contributed by atoms with Gasteiger partial charge in [-0.3, -0.25) is 19.4 Å². The molecule has 3 amide bonds.